The fourth-order valence-electron chi connectivity index (χ4n) is 4.81. The van der Waals surface area contributed by atoms with Crippen LogP contribution in [0.25, 0.3) is 43.3 Å². The maximum atomic E-state index is 15.9. The summed E-state index contributed by atoms with van der Waals surface area (Å²) in [7, 11) is 1.39. The number of para-hydroxylation sites is 1. The molecular formula is C24H20FN5O2S2. The van der Waals surface area contributed by atoms with E-state index in [-0.39, 0.29) is 23.3 Å². The van der Waals surface area contributed by atoms with Crippen molar-refractivity contribution >= 4 is 61.2 Å². The Morgan fingerprint density at radius 2 is 2.18 bits per heavy atom. The lowest BCUT2D eigenvalue weighted by Crippen LogP contribution is -2.30. The molecule has 10 heteroatoms. The summed E-state index contributed by atoms with van der Waals surface area (Å²) in [5.41, 5.74) is 5.29. The number of amides is 1. The molecule has 1 amide bonds. The monoisotopic (exact) mass is 493 g/mol. The molecule has 0 aliphatic carbocycles. The number of aromatic nitrogens is 4. The van der Waals surface area contributed by atoms with Gasteiger partial charge >= 0.3 is 6.09 Å². The van der Waals surface area contributed by atoms with Gasteiger partial charge in [-0.15, -0.1) is 23.1 Å². The Bertz CT molecular complexity index is 1580. The Balaban J connectivity index is 1.55. The number of nitrogens with zero attached hydrogens (tertiary/aromatic N) is 4. The van der Waals surface area contributed by atoms with Crippen molar-refractivity contribution in [1.29, 1.82) is 0 Å². The van der Waals surface area contributed by atoms with Crippen LogP contribution in [0.15, 0.2) is 41.0 Å². The third-order valence-electron chi connectivity index (χ3n) is 6.38. The van der Waals surface area contributed by atoms with Gasteiger partial charge in [-0.2, -0.15) is 0 Å². The molecule has 1 N–H and O–H groups in total. The van der Waals surface area contributed by atoms with Crippen molar-refractivity contribution in [2.75, 3.05) is 19.9 Å². The molecule has 1 aliphatic rings. The molecule has 1 aromatic carbocycles. The first-order valence-electron chi connectivity index (χ1n) is 10.8. The normalized spacial score (nSPS) is 16.2. The molecule has 1 saturated heterocycles. The minimum Gasteiger partial charge on any atom is -0.453 e. The highest BCUT2D eigenvalue weighted by Gasteiger charge is 2.32. The lowest BCUT2D eigenvalue weighted by Gasteiger charge is -2.22. The van der Waals surface area contributed by atoms with Gasteiger partial charge in [0.15, 0.2) is 5.82 Å². The van der Waals surface area contributed by atoms with Gasteiger partial charge in [-0.1, -0.05) is 12.1 Å². The zero-order chi connectivity index (χ0) is 23.4. The number of benzene rings is 1. The topological polar surface area (TPSA) is 84.0 Å². The molecule has 5 heterocycles. The van der Waals surface area contributed by atoms with Crippen molar-refractivity contribution in [3.8, 4) is 11.3 Å². The van der Waals surface area contributed by atoms with Gasteiger partial charge in [0.1, 0.15) is 16.2 Å². The number of carbonyl (C=O) groups is 1. The number of hydrogen-bond donors (Lipinski definition) is 1. The number of hydrogen-bond acceptors (Lipinski definition) is 7. The standard InChI is InChI=1S/C24H20FN5O2S2/c1-32-24(31)30-8-4-6-16(30)15-9-13-19(28-15)14-10-26-21(18(25)22(14)29-23(13)33-2)12-5-3-7-17-20(12)27-11-34-17/h3,5,7,9-11,16,28H,4,6,8H2,1-2H3. The number of aromatic amines is 1. The highest BCUT2D eigenvalue weighted by molar-refractivity contribution is 7.98. The second-order valence-corrected chi connectivity index (χ2v) is 9.82. The minimum atomic E-state index is -0.469. The molecule has 0 spiro atoms. The first kappa shape index (κ1) is 21.3. The molecule has 34 heavy (non-hydrogen) atoms. The average molecular weight is 494 g/mol. The Kier molecular flexibility index (Phi) is 5.14. The van der Waals surface area contributed by atoms with E-state index < -0.39 is 5.82 Å². The maximum absolute atomic E-state index is 15.9. The fraction of sp³-hybridized carbons (Fsp3) is 0.250. The average Bonchev–Trinajstić information content (AvgIpc) is 3.62. The number of pyridine rings is 2. The summed E-state index contributed by atoms with van der Waals surface area (Å²) in [4.78, 5) is 31.0. The summed E-state index contributed by atoms with van der Waals surface area (Å²) in [6.07, 6.45) is 4.97. The fourth-order valence-corrected chi connectivity index (χ4v) is 6.08. The van der Waals surface area contributed by atoms with Crippen molar-refractivity contribution < 1.29 is 13.9 Å². The van der Waals surface area contributed by atoms with Gasteiger partial charge in [-0.3, -0.25) is 9.88 Å². The van der Waals surface area contributed by atoms with Crippen molar-refractivity contribution in [2.45, 2.75) is 23.9 Å². The van der Waals surface area contributed by atoms with Gasteiger partial charge in [-0.05, 0) is 31.2 Å². The smallest absolute Gasteiger partial charge is 0.410 e. The van der Waals surface area contributed by atoms with Crippen LogP contribution in [0.2, 0.25) is 0 Å². The molecule has 7 nitrogen and oxygen atoms in total. The van der Waals surface area contributed by atoms with Crippen molar-refractivity contribution in [3.05, 3.63) is 47.5 Å². The Morgan fingerprint density at radius 3 is 3.00 bits per heavy atom. The minimum absolute atomic E-state index is 0.121. The molecule has 0 bridgehead atoms. The predicted molar refractivity (Wildman–Crippen MR) is 133 cm³/mol. The highest BCUT2D eigenvalue weighted by Crippen LogP contribution is 2.39. The lowest BCUT2D eigenvalue weighted by atomic mass is 10.1. The Labute approximate surface area is 202 Å². The zero-order valence-electron chi connectivity index (χ0n) is 18.5. The zero-order valence-corrected chi connectivity index (χ0v) is 20.1. The first-order valence-corrected chi connectivity index (χ1v) is 12.9. The molecule has 1 fully saturated rings. The van der Waals surface area contributed by atoms with Gasteiger partial charge in [0.25, 0.3) is 0 Å². The number of H-pyrrole nitrogens is 1. The summed E-state index contributed by atoms with van der Waals surface area (Å²) in [5.74, 6) is -0.469. The molecule has 0 radical (unpaired) electrons. The van der Waals surface area contributed by atoms with E-state index in [1.807, 2.05) is 30.5 Å². The number of nitrogens with one attached hydrogen (secondary N) is 1. The van der Waals surface area contributed by atoms with Crippen LogP contribution in [0.1, 0.15) is 24.6 Å². The van der Waals surface area contributed by atoms with E-state index >= 15 is 4.39 Å². The molecule has 1 atom stereocenters. The third kappa shape index (κ3) is 3.16. The molecule has 5 aromatic rings. The van der Waals surface area contributed by atoms with Gasteiger partial charge in [0.05, 0.1) is 34.4 Å². The van der Waals surface area contributed by atoms with E-state index in [9.17, 15) is 4.79 Å². The highest BCUT2D eigenvalue weighted by atomic mass is 32.2. The van der Waals surface area contributed by atoms with Crippen molar-refractivity contribution in [2.24, 2.45) is 0 Å². The molecular weight excluding hydrogens is 473 g/mol. The molecule has 172 valence electrons. The van der Waals surface area contributed by atoms with Crippen LogP contribution in [-0.2, 0) is 4.74 Å². The predicted octanol–water partition coefficient (Wildman–Crippen LogP) is 6.15. The molecule has 0 saturated carbocycles. The molecule has 1 unspecified atom stereocenters. The van der Waals surface area contributed by atoms with Crippen LogP contribution in [0.5, 0.6) is 0 Å². The van der Waals surface area contributed by atoms with Crippen molar-refractivity contribution in [3.63, 3.8) is 0 Å². The Hall–Kier alpha value is -3.24. The van der Waals surface area contributed by atoms with Crippen LogP contribution < -0.4 is 0 Å². The van der Waals surface area contributed by atoms with Gasteiger partial charge < -0.3 is 9.72 Å². The van der Waals surface area contributed by atoms with E-state index in [4.69, 9.17) is 9.72 Å². The number of halogens is 1. The van der Waals surface area contributed by atoms with E-state index in [1.165, 1.54) is 30.2 Å². The number of rotatable bonds is 3. The quantitative estimate of drug-likeness (QED) is 0.303. The van der Waals surface area contributed by atoms with Crippen LogP contribution >= 0.6 is 23.1 Å². The summed E-state index contributed by atoms with van der Waals surface area (Å²) in [5, 5.41) is 2.21. The largest absolute Gasteiger partial charge is 0.453 e. The van der Waals surface area contributed by atoms with Crippen LogP contribution in [0.3, 0.4) is 0 Å². The van der Waals surface area contributed by atoms with Gasteiger partial charge in [0.2, 0.25) is 0 Å². The van der Waals surface area contributed by atoms with Gasteiger partial charge in [0, 0.05) is 34.8 Å². The number of fused-ring (bicyclic) bond motifs is 4. The number of ether oxygens (including phenoxy) is 1. The number of thioether (sulfide) groups is 1. The van der Waals surface area contributed by atoms with Crippen LogP contribution in [0, 0.1) is 5.82 Å². The van der Waals surface area contributed by atoms with Gasteiger partial charge in [-0.25, -0.2) is 19.2 Å². The Morgan fingerprint density at radius 1 is 1.29 bits per heavy atom. The van der Waals surface area contributed by atoms with E-state index in [0.717, 1.165) is 44.7 Å². The number of likely N-dealkylation sites (tertiary alicyclic amines) is 1. The third-order valence-corrected chi connectivity index (χ3v) is 7.87. The van der Waals surface area contributed by atoms with E-state index in [0.29, 0.717) is 17.5 Å². The lowest BCUT2D eigenvalue weighted by molar-refractivity contribution is 0.118. The SMILES string of the molecule is COC(=O)N1CCCC1c1cc2c(SC)nc3c(F)c(-c4cccc5scnc45)ncc3c2[nH]1. The maximum Gasteiger partial charge on any atom is 0.410 e. The summed E-state index contributed by atoms with van der Waals surface area (Å²) in [6, 6.07) is 7.58. The summed E-state index contributed by atoms with van der Waals surface area (Å²) in [6.45, 7) is 0.642. The molecule has 1 aliphatic heterocycles. The second-order valence-electron chi connectivity index (χ2n) is 8.14. The van der Waals surface area contributed by atoms with E-state index in [1.54, 1.807) is 16.6 Å². The number of methoxy groups -OCH3 is 1. The summed E-state index contributed by atoms with van der Waals surface area (Å²) >= 11 is 2.97. The van der Waals surface area contributed by atoms with Crippen LogP contribution in [0.4, 0.5) is 9.18 Å². The second kappa shape index (κ2) is 8.21. The van der Waals surface area contributed by atoms with E-state index in [2.05, 4.69) is 15.0 Å². The first-order chi connectivity index (χ1) is 16.6. The molecule has 6 rings (SSSR count). The number of thiazole rings is 1. The van der Waals surface area contributed by atoms with Crippen molar-refractivity contribution in [1.82, 2.24) is 24.8 Å². The number of carbonyl (C=O) groups excluding carboxylic acids is 1. The molecule has 4 aromatic heterocycles. The summed E-state index contributed by atoms with van der Waals surface area (Å²) < 4.78 is 21.9. The van der Waals surface area contributed by atoms with Crippen LogP contribution in [-0.4, -0.2) is 50.8 Å².